The number of benzene rings is 2. The highest BCUT2D eigenvalue weighted by molar-refractivity contribution is 8.18. The number of ether oxygens (including phenoxy) is 1. The minimum Gasteiger partial charge on any atom is -0.379 e. The number of carbonyl (C=O) groups is 1. The van der Waals surface area contributed by atoms with Crippen LogP contribution in [0.15, 0.2) is 52.4 Å². The summed E-state index contributed by atoms with van der Waals surface area (Å²) in [5.41, 5.74) is 4.34. The second-order valence-corrected chi connectivity index (χ2v) is 13.0. The molecule has 1 amide bonds. The van der Waals surface area contributed by atoms with Crippen molar-refractivity contribution >= 4 is 51.9 Å². The summed E-state index contributed by atoms with van der Waals surface area (Å²) >= 11 is 8.36. The maximum absolute atomic E-state index is 13.8. The molecular formula is C32H41ClN4O2S. The monoisotopic (exact) mass is 580 g/mol. The Morgan fingerprint density at radius 3 is 2.60 bits per heavy atom. The fourth-order valence-electron chi connectivity index (χ4n) is 6.10. The van der Waals surface area contributed by atoms with E-state index in [4.69, 9.17) is 21.3 Å². The molecule has 0 spiro atoms. The zero-order chi connectivity index (χ0) is 28.3. The largest absolute Gasteiger partial charge is 0.379 e. The van der Waals surface area contributed by atoms with E-state index in [9.17, 15) is 4.79 Å². The topological polar surface area (TPSA) is 48.4 Å². The van der Waals surface area contributed by atoms with Crippen molar-refractivity contribution in [2.24, 2.45) is 4.99 Å². The highest BCUT2D eigenvalue weighted by Gasteiger charge is 2.37. The summed E-state index contributed by atoms with van der Waals surface area (Å²) in [6.45, 7) is 15.2. The number of hydrogen-bond donors (Lipinski definition) is 0. The molecule has 0 radical (unpaired) electrons. The lowest BCUT2D eigenvalue weighted by atomic mass is 9.79. The second-order valence-electron chi connectivity index (χ2n) is 11.6. The van der Waals surface area contributed by atoms with Gasteiger partial charge in [0.2, 0.25) is 0 Å². The molecule has 8 heteroatoms. The minimum atomic E-state index is -0.00256. The molecule has 214 valence electrons. The minimum absolute atomic E-state index is 0.00256. The Kier molecular flexibility index (Phi) is 9.25. The lowest BCUT2D eigenvalue weighted by molar-refractivity contribution is -0.122. The molecule has 0 N–H and O–H groups in total. The maximum atomic E-state index is 13.8. The molecule has 40 heavy (non-hydrogen) atoms. The molecule has 3 heterocycles. The van der Waals surface area contributed by atoms with Crippen molar-refractivity contribution in [1.29, 1.82) is 0 Å². The van der Waals surface area contributed by atoms with Crippen LogP contribution in [0, 0.1) is 0 Å². The number of fused-ring (bicyclic) bond motifs is 1. The number of rotatable bonds is 8. The summed E-state index contributed by atoms with van der Waals surface area (Å²) in [5.74, 6) is 0.406. The van der Waals surface area contributed by atoms with Gasteiger partial charge in [-0.05, 0) is 92.3 Å². The average molecular weight is 581 g/mol. The first kappa shape index (κ1) is 29.2. The molecule has 5 rings (SSSR count). The molecule has 2 fully saturated rings. The quantitative estimate of drug-likeness (QED) is 0.310. The van der Waals surface area contributed by atoms with E-state index in [-0.39, 0.29) is 11.4 Å². The molecule has 0 saturated carbocycles. The highest BCUT2D eigenvalue weighted by atomic mass is 35.5. The van der Waals surface area contributed by atoms with Gasteiger partial charge in [-0.15, -0.1) is 0 Å². The number of carbonyl (C=O) groups excluding carboxylic acids is 1. The van der Waals surface area contributed by atoms with Crippen molar-refractivity contribution in [3.05, 3.63) is 63.5 Å². The fourth-order valence-corrected chi connectivity index (χ4v) is 7.33. The second kappa shape index (κ2) is 12.7. The van der Waals surface area contributed by atoms with Gasteiger partial charge >= 0.3 is 0 Å². The molecule has 6 nitrogen and oxygen atoms in total. The van der Waals surface area contributed by atoms with Crippen molar-refractivity contribution in [3.8, 4) is 0 Å². The normalized spacial score (nSPS) is 23.3. The van der Waals surface area contributed by atoms with Gasteiger partial charge in [0.1, 0.15) is 0 Å². The van der Waals surface area contributed by atoms with Crippen LogP contribution in [0.25, 0.3) is 6.08 Å². The van der Waals surface area contributed by atoms with Crippen molar-refractivity contribution in [1.82, 2.24) is 9.80 Å². The smallest absolute Gasteiger partial charge is 0.266 e. The van der Waals surface area contributed by atoms with Gasteiger partial charge in [-0.2, -0.15) is 0 Å². The van der Waals surface area contributed by atoms with Gasteiger partial charge in [-0.3, -0.25) is 14.6 Å². The molecule has 3 aliphatic rings. The molecule has 1 unspecified atom stereocenters. The SMILES string of the molecule is CCCN1c2cc(Cl)c(/C=C3/SC(=Nc4ccccc4)N(CCCN4CCOCC4)C3=O)cc2C(C)CC1(C)C. The van der Waals surface area contributed by atoms with Crippen LogP contribution in [-0.2, 0) is 9.53 Å². The third-order valence-corrected chi connectivity index (χ3v) is 9.40. The van der Waals surface area contributed by atoms with Gasteiger partial charge in [-0.25, -0.2) is 4.99 Å². The van der Waals surface area contributed by atoms with E-state index in [2.05, 4.69) is 49.6 Å². The number of hydrogen-bond acceptors (Lipinski definition) is 6. The van der Waals surface area contributed by atoms with Crippen molar-refractivity contribution < 1.29 is 9.53 Å². The summed E-state index contributed by atoms with van der Waals surface area (Å²) in [6, 6.07) is 14.2. The third-order valence-electron chi connectivity index (χ3n) is 8.07. The number of nitrogens with zero attached hydrogens (tertiary/aromatic N) is 4. The zero-order valence-electron chi connectivity index (χ0n) is 24.2. The van der Waals surface area contributed by atoms with E-state index in [0.717, 1.165) is 75.1 Å². The first-order chi connectivity index (χ1) is 19.3. The Morgan fingerprint density at radius 1 is 1.12 bits per heavy atom. The van der Waals surface area contributed by atoms with Crippen LogP contribution in [0.1, 0.15) is 64.0 Å². The third kappa shape index (κ3) is 6.43. The number of halogens is 1. The number of amides is 1. The standard InChI is InChI=1S/C32H41ClN4O2S/c1-5-12-37-28-21-27(33)24(19-26(28)23(2)22-32(37,3)4)20-29-30(38)36(14-9-13-35-15-17-39-18-16-35)31(40-29)34-25-10-7-6-8-11-25/h6-8,10-11,19-21,23H,5,9,12-18,22H2,1-4H3/b29-20+,34-31?. The lowest BCUT2D eigenvalue weighted by Crippen LogP contribution is -2.48. The number of amidine groups is 1. The van der Waals surface area contributed by atoms with E-state index in [1.165, 1.54) is 23.0 Å². The van der Waals surface area contributed by atoms with Crippen molar-refractivity contribution in [2.45, 2.75) is 58.4 Å². The van der Waals surface area contributed by atoms with E-state index < -0.39 is 0 Å². The zero-order valence-corrected chi connectivity index (χ0v) is 25.7. The summed E-state index contributed by atoms with van der Waals surface area (Å²) in [6.07, 6.45) is 5.01. The fraction of sp³-hybridized carbons (Fsp3) is 0.500. The number of para-hydroxylation sites is 1. The van der Waals surface area contributed by atoms with Crippen LogP contribution in [0.3, 0.4) is 0 Å². The molecule has 0 bridgehead atoms. The van der Waals surface area contributed by atoms with Gasteiger partial charge in [0, 0.05) is 49.0 Å². The number of thioether (sulfide) groups is 1. The van der Waals surface area contributed by atoms with E-state index >= 15 is 0 Å². The lowest BCUT2D eigenvalue weighted by Gasteiger charge is -2.47. The predicted molar refractivity (Wildman–Crippen MR) is 169 cm³/mol. The summed E-state index contributed by atoms with van der Waals surface area (Å²) < 4.78 is 5.48. The van der Waals surface area contributed by atoms with Crippen LogP contribution >= 0.6 is 23.4 Å². The van der Waals surface area contributed by atoms with Crippen LogP contribution in [0.2, 0.25) is 5.02 Å². The van der Waals surface area contributed by atoms with Crippen LogP contribution in [0.4, 0.5) is 11.4 Å². The Bertz CT molecular complexity index is 1270. The predicted octanol–water partition coefficient (Wildman–Crippen LogP) is 7.17. The van der Waals surface area contributed by atoms with Gasteiger partial charge in [-0.1, -0.05) is 43.6 Å². The first-order valence-corrected chi connectivity index (χ1v) is 15.7. The highest BCUT2D eigenvalue weighted by Crippen LogP contribution is 2.46. The number of anilines is 1. The maximum Gasteiger partial charge on any atom is 0.266 e. The molecular weight excluding hydrogens is 540 g/mol. The Morgan fingerprint density at radius 2 is 1.88 bits per heavy atom. The Balaban J connectivity index is 1.43. The van der Waals surface area contributed by atoms with Gasteiger partial charge < -0.3 is 9.64 Å². The average Bonchev–Trinajstić information content (AvgIpc) is 3.21. The van der Waals surface area contributed by atoms with Crippen LogP contribution in [0.5, 0.6) is 0 Å². The van der Waals surface area contributed by atoms with Crippen molar-refractivity contribution in [3.63, 3.8) is 0 Å². The molecule has 2 aromatic carbocycles. The number of aliphatic imine (C=N–C) groups is 1. The molecule has 3 aliphatic heterocycles. The van der Waals surface area contributed by atoms with E-state index in [0.29, 0.717) is 22.4 Å². The van der Waals surface area contributed by atoms with E-state index in [1.54, 1.807) is 0 Å². The van der Waals surface area contributed by atoms with Gasteiger partial charge in [0.05, 0.1) is 23.8 Å². The Hall–Kier alpha value is -2.32. The Labute approximate surface area is 248 Å². The van der Waals surface area contributed by atoms with Crippen LogP contribution in [-0.4, -0.2) is 72.4 Å². The summed E-state index contributed by atoms with van der Waals surface area (Å²) in [4.78, 5) is 26.0. The summed E-state index contributed by atoms with van der Waals surface area (Å²) in [5, 5.41) is 1.40. The first-order valence-electron chi connectivity index (χ1n) is 14.5. The molecule has 0 aliphatic carbocycles. The molecule has 2 saturated heterocycles. The molecule has 0 aromatic heterocycles. The van der Waals surface area contributed by atoms with Crippen molar-refractivity contribution in [2.75, 3.05) is 50.8 Å². The van der Waals surface area contributed by atoms with E-state index in [1.807, 2.05) is 41.3 Å². The van der Waals surface area contributed by atoms with Gasteiger partial charge in [0.25, 0.3) is 5.91 Å². The molecule has 1 atom stereocenters. The summed E-state index contributed by atoms with van der Waals surface area (Å²) in [7, 11) is 0. The van der Waals surface area contributed by atoms with Crippen LogP contribution < -0.4 is 4.90 Å². The molecule has 2 aromatic rings. The van der Waals surface area contributed by atoms with Gasteiger partial charge in [0.15, 0.2) is 5.17 Å². The number of morpholine rings is 1.